The molecule has 0 amide bonds. The number of piperidine rings is 1. The average molecular weight is 373 g/mol. The van der Waals surface area contributed by atoms with Gasteiger partial charge in [0.1, 0.15) is 5.75 Å². The third kappa shape index (κ3) is 4.57. The zero-order valence-electron chi connectivity index (χ0n) is 16.4. The third-order valence-corrected chi connectivity index (χ3v) is 5.53. The predicted molar refractivity (Wildman–Crippen MR) is 111 cm³/mol. The minimum Gasteiger partial charge on any atom is -0.497 e. The minimum atomic E-state index is 0.449. The van der Waals surface area contributed by atoms with Gasteiger partial charge in [-0.3, -0.25) is 14.9 Å². The van der Waals surface area contributed by atoms with Crippen molar-refractivity contribution >= 4 is 0 Å². The number of likely N-dealkylation sites (tertiary alicyclic amines) is 1. The van der Waals surface area contributed by atoms with Crippen LogP contribution < -0.4 is 4.74 Å². The Balaban J connectivity index is 1.45. The van der Waals surface area contributed by atoms with Gasteiger partial charge < -0.3 is 4.74 Å². The standard InChI is InChI=1S/C24H27N3O/c1-28-23-9-5-19(6-10-23)16-22-8-7-21(17-26-22)24-4-2-3-15-27(24)18-20-11-13-25-14-12-20/h5-14,17,24H,2-4,15-16,18H2,1H3/t24-/m0/s1. The average Bonchev–Trinajstić information content (AvgIpc) is 2.76. The van der Waals surface area contributed by atoms with E-state index >= 15 is 0 Å². The number of hydrogen-bond acceptors (Lipinski definition) is 4. The SMILES string of the molecule is COc1ccc(Cc2ccc([C@@H]3CCCCN3Cc3ccncc3)cn2)cc1. The van der Waals surface area contributed by atoms with Gasteiger partial charge in [-0.15, -0.1) is 0 Å². The first-order valence-corrected chi connectivity index (χ1v) is 10.0. The van der Waals surface area contributed by atoms with Crippen LogP contribution in [0.25, 0.3) is 0 Å². The number of hydrogen-bond donors (Lipinski definition) is 0. The number of pyridine rings is 2. The molecule has 1 aliphatic heterocycles. The molecule has 0 bridgehead atoms. The number of rotatable bonds is 6. The lowest BCUT2D eigenvalue weighted by molar-refractivity contribution is 0.140. The van der Waals surface area contributed by atoms with Crippen molar-refractivity contribution in [3.8, 4) is 5.75 Å². The maximum atomic E-state index is 5.23. The summed E-state index contributed by atoms with van der Waals surface area (Å²) in [5.74, 6) is 0.888. The maximum absolute atomic E-state index is 5.23. The number of methoxy groups -OCH3 is 1. The molecule has 28 heavy (non-hydrogen) atoms. The smallest absolute Gasteiger partial charge is 0.118 e. The lowest BCUT2D eigenvalue weighted by Gasteiger charge is -2.36. The van der Waals surface area contributed by atoms with E-state index in [1.807, 2.05) is 24.5 Å². The Bertz CT molecular complexity index is 863. The highest BCUT2D eigenvalue weighted by Gasteiger charge is 2.24. The topological polar surface area (TPSA) is 38.2 Å². The molecule has 1 fully saturated rings. The van der Waals surface area contributed by atoms with Gasteiger partial charge in [-0.25, -0.2) is 0 Å². The molecular formula is C24H27N3O. The molecule has 2 aromatic heterocycles. The van der Waals surface area contributed by atoms with Crippen LogP contribution in [0, 0.1) is 0 Å². The molecule has 0 spiro atoms. The number of nitrogens with zero attached hydrogens (tertiary/aromatic N) is 3. The predicted octanol–water partition coefficient (Wildman–Crippen LogP) is 4.80. The first-order chi connectivity index (χ1) is 13.8. The molecule has 3 heterocycles. The van der Waals surface area contributed by atoms with E-state index in [9.17, 15) is 0 Å². The third-order valence-electron chi connectivity index (χ3n) is 5.53. The van der Waals surface area contributed by atoms with Crippen LogP contribution in [-0.4, -0.2) is 28.5 Å². The lowest BCUT2D eigenvalue weighted by atomic mass is 9.95. The fraction of sp³-hybridized carbons (Fsp3) is 0.333. The summed E-state index contributed by atoms with van der Waals surface area (Å²) in [6.45, 7) is 2.11. The van der Waals surface area contributed by atoms with Gasteiger partial charge in [0.25, 0.3) is 0 Å². The largest absolute Gasteiger partial charge is 0.497 e. The minimum absolute atomic E-state index is 0.449. The lowest BCUT2D eigenvalue weighted by Crippen LogP contribution is -2.33. The molecule has 0 radical (unpaired) electrons. The van der Waals surface area contributed by atoms with Gasteiger partial charge in [0.05, 0.1) is 7.11 Å². The summed E-state index contributed by atoms with van der Waals surface area (Å²) in [6, 6.07) is 17.3. The van der Waals surface area contributed by atoms with Gasteiger partial charge in [0, 0.05) is 43.3 Å². The zero-order chi connectivity index (χ0) is 19.2. The van der Waals surface area contributed by atoms with E-state index in [0.717, 1.165) is 31.0 Å². The summed E-state index contributed by atoms with van der Waals surface area (Å²) in [6.07, 6.45) is 10.4. The Morgan fingerprint density at radius 3 is 2.50 bits per heavy atom. The summed E-state index contributed by atoms with van der Waals surface area (Å²) < 4.78 is 5.23. The molecule has 1 aliphatic rings. The Kier molecular flexibility index (Phi) is 5.98. The van der Waals surface area contributed by atoms with E-state index < -0.39 is 0 Å². The van der Waals surface area contributed by atoms with Crippen LogP contribution in [-0.2, 0) is 13.0 Å². The number of ether oxygens (including phenoxy) is 1. The van der Waals surface area contributed by atoms with Crippen molar-refractivity contribution in [2.45, 2.75) is 38.3 Å². The second kappa shape index (κ2) is 8.98. The van der Waals surface area contributed by atoms with Crippen molar-refractivity contribution < 1.29 is 4.74 Å². The van der Waals surface area contributed by atoms with E-state index in [-0.39, 0.29) is 0 Å². The van der Waals surface area contributed by atoms with Crippen molar-refractivity contribution in [2.75, 3.05) is 13.7 Å². The summed E-state index contributed by atoms with van der Waals surface area (Å²) in [5, 5.41) is 0. The highest BCUT2D eigenvalue weighted by atomic mass is 16.5. The maximum Gasteiger partial charge on any atom is 0.118 e. The van der Waals surface area contributed by atoms with Gasteiger partial charge >= 0.3 is 0 Å². The molecule has 1 atom stereocenters. The van der Waals surface area contributed by atoms with Crippen LogP contribution in [0.15, 0.2) is 67.1 Å². The molecule has 4 nitrogen and oxygen atoms in total. The van der Waals surface area contributed by atoms with Gasteiger partial charge in [-0.2, -0.15) is 0 Å². The first kappa shape index (κ1) is 18.6. The van der Waals surface area contributed by atoms with Crippen molar-refractivity contribution in [3.63, 3.8) is 0 Å². The molecule has 0 aliphatic carbocycles. The fourth-order valence-electron chi connectivity index (χ4n) is 3.97. The Hall–Kier alpha value is -2.72. The Morgan fingerprint density at radius 1 is 0.964 bits per heavy atom. The molecule has 0 N–H and O–H groups in total. The first-order valence-electron chi connectivity index (χ1n) is 10.0. The van der Waals surface area contributed by atoms with Crippen molar-refractivity contribution in [2.24, 2.45) is 0 Å². The molecule has 0 unspecified atom stereocenters. The van der Waals surface area contributed by atoms with E-state index in [4.69, 9.17) is 9.72 Å². The fourth-order valence-corrected chi connectivity index (χ4v) is 3.97. The van der Waals surface area contributed by atoms with Gasteiger partial charge in [-0.05, 0) is 66.4 Å². The Morgan fingerprint density at radius 2 is 1.79 bits per heavy atom. The van der Waals surface area contributed by atoms with E-state index in [1.165, 1.54) is 36.0 Å². The quantitative estimate of drug-likeness (QED) is 0.622. The number of aromatic nitrogens is 2. The van der Waals surface area contributed by atoms with E-state index in [0.29, 0.717) is 6.04 Å². The number of benzene rings is 1. The van der Waals surface area contributed by atoms with Crippen LogP contribution in [0.3, 0.4) is 0 Å². The molecule has 3 aromatic rings. The van der Waals surface area contributed by atoms with Gasteiger partial charge in [0.15, 0.2) is 0 Å². The van der Waals surface area contributed by atoms with Crippen LogP contribution >= 0.6 is 0 Å². The Labute approximate surface area is 167 Å². The molecule has 0 saturated carbocycles. The summed E-state index contributed by atoms with van der Waals surface area (Å²) in [5.41, 5.74) is 5.00. The molecule has 144 valence electrons. The summed E-state index contributed by atoms with van der Waals surface area (Å²) >= 11 is 0. The second-order valence-electron chi connectivity index (χ2n) is 7.45. The van der Waals surface area contributed by atoms with Gasteiger partial charge in [0.2, 0.25) is 0 Å². The molecule has 4 heteroatoms. The highest BCUT2D eigenvalue weighted by Crippen LogP contribution is 2.32. The van der Waals surface area contributed by atoms with Crippen molar-refractivity contribution in [1.29, 1.82) is 0 Å². The van der Waals surface area contributed by atoms with Gasteiger partial charge in [-0.1, -0.05) is 24.6 Å². The second-order valence-corrected chi connectivity index (χ2v) is 7.45. The molecular weight excluding hydrogens is 346 g/mol. The van der Waals surface area contributed by atoms with Crippen LogP contribution in [0.1, 0.15) is 47.7 Å². The molecule has 4 rings (SSSR count). The van der Waals surface area contributed by atoms with Crippen LogP contribution in [0.5, 0.6) is 5.75 Å². The molecule has 1 aromatic carbocycles. The molecule has 1 saturated heterocycles. The normalized spacial score (nSPS) is 17.4. The highest BCUT2D eigenvalue weighted by molar-refractivity contribution is 5.30. The van der Waals surface area contributed by atoms with Crippen molar-refractivity contribution in [1.82, 2.24) is 14.9 Å². The monoisotopic (exact) mass is 373 g/mol. The van der Waals surface area contributed by atoms with E-state index in [2.05, 4.69) is 52.5 Å². The van der Waals surface area contributed by atoms with Crippen LogP contribution in [0.2, 0.25) is 0 Å². The van der Waals surface area contributed by atoms with E-state index in [1.54, 1.807) is 7.11 Å². The van der Waals surface area contributed by atoms with Crippen molar-refractivity contribution in [3.05, 3.63) is 89.5 Å². The zero-order valence-corrected chi connectivity index (χ0v) is 16.4. The summed E-state index contributed by atoms with van der Waals surface area (Å²) in [4.78, 5) is 11.5. The summed E-state index contributed by atoms with van der Waals surface area (Å²) in [7, 11) is 1.69. The van der Waals surface area contributed by atoms with Crippen LogP contribution in [0.4, 0.5) is 0 Å².